The van der Waals surface area contributed by atoms with Gasteiger partial charge in [-0.15, -0.1) is 11.8 Å². The Kier molecular flexibility index (Phi) is 5.06. The van der Waals surface area contributed by atoms with Crippen LogP contribution in [-0.2, 0) is 0 Å². The minimum atomic E-state index is 0.134. The molecule has 0 aliphatic heterocycles. The second-order valence-electron chi connectivity index (χ2n) is 3.49. The number of phenolic OH excluding ortho intramolecular Hbond substituents is 1. The molecule has 0 heterocycles. The van der Waals surface area contributed by atoms with Gasteiger partial charge in [-0.25, -0.2) is 0 Å². The largest absolute Gasteiger partial charge is 0.507 e. The average molecular weight is 221 g/mol. The van der Waals surface area contributed by atoms with Crippen molar-refractivity contribution < 1.29 is 5.11 Å². The first-order valence-corrected chi connectivity index (χ1v) is 6.03. The highest BCUT2D eigenvalue weighted by Crippen LogP contribution is 2.28. The molecule has 15 heavy (non-hydrogen) atoms. The Morgan fingerprint density at radius 2 is 2.20 bits per heavy atom. The zero-order valence-electron chi connectivity index (χ0n) is 8.81. The predicted molar refractivity (Wildman–Crippen MR) is 62.8 cm³/mol. The Hall–Kier alpha value is -1.14. The second-order valence-corrected chi connectivity index (χ2v) is 4.63. The Bertz CT molecular complexity index is 346. The molecule has 0 aliphatic carbocycles. The molecule has 1 unspecified atom stereocenters. The van der Waals surface area contributed by atoms with Crippen molar-refractivity contribution in [3.8, 4) is 11.8 Å². The topological polar surface area (TPSA) is 44.0 Å². The number of hydrogen-bond acceptors (Lipinski definition) is 3. The van der Waals surface area contributed by atoms with Crippen molar-refractivity contribution in [3.05, 3.63) is 24.3 Å². The summed E-state index contributed by atoms with van der Waals surface area (Å²) >= 11 is 1.64. The molecule has 0 aromatic heterocycles. The number of aromatic hydroxyl groups is 1. The van der Waals surface area contributed by atoms with Gasteiger partial charge in [-0.3, -0.25) is 0 Å². The molecule has 0 aliphatic rings. The lowest BCUT2D eigenvalue weighted by atomic mass is 10.1. The van der Waals surface area contributed by atoms with E-state index in [4.69, 9.17) is 5.26 Å². The fraction of sp³-hybridized carbons (Fsp3) is 0.417. The first kappa shape index (κ1) is 11.9. The van der Waals surface area contributed by atoms with Crippen molar-refractivity contribution in [2.45, 2.75) is 24.7 Å². The van der Waals surface area contributed by atoms with Gasteiger partial charge in [-0.2, -0.15) is 5.26 Å². The van der Waals surface area contributed by atoms with Crippen LogP contribution in [0.4, 0.5) is 0 Å². The van der Waals surface area contributed by atoms with E-state index in [-0.39, 0.29) is 5.92 Å². The van der Waals surface area contributed by atoms with Crippen LogP contribution in [0.25, 0.3) is 0 Å². The molecule has 0 amide bonds. The minimum Gasteiger partial charge on any atom is -0.507 e. The van der Waals surface area contributed by atoms with E-state index in [1.165, 1.54) is 0 Å². The zero-order valence-corrected chi connectivity index (χ0v) is 9.63. The monoisotopic (exact) mass is 221 g/mol. The maximum atomic E-state index is 9.49. The van der Waals surface area contributed by atoms with E-state index in [1.54, 1.807) is 17.8 Å². The summed E-state index contributed by atoms with van der Waals surface area (Å²) in [6.45, 7) is 1.94. The van der Waals surface area contributed by atoms with Crippen molar-refractivity contribution >= 4 is 11.8 Å². The Balaban J connectivity index is 2.27. The van der Waals surface area contributed by atoms with Crippen LogP contribution >= 0.6 is 11.8 Å². The summed E-state index contributed by atoms with van der Waals surface area (Å²) in [6.07, 6.45) is 1.94. The van der Waals surface area contributed by atoms with E-state index in [0.29, 0.717) is 5.75 Å². The Labute approximate surface area is 94.9 Å². The quantitative estimate of drug-likeness (QED) is 0.612. The number of para-hydroxylation sites is 1. The number of benzene rings is 1. The van der Waals surface area contributed by atoms with Crippen LogP contribution in [0, 0.1) is 17.2 Å². The maximum Gasteiger partial charge on any atom is 0.129 e. The third-order valence-corrected chi connectivity index (χ3v) is 3.27. The van der Waals surface area contributed by atoms with Crippen molar-refractivity contribution in [1.82, 2.24) is 0 Å². The van der Waals surface area contributed by atoms with Gasteiger partial charge in [-0.1, -0.05) is 12.1 Å². The lowest BCUT2D eigenvalue weighted by Crippen LogP contribution is -1.91. The molecule has 1 atom stereocenters. The molecule has 80 valence electrons. The normalized spacial score (nSPS) is 12.0. The van der Waals surface area contributed by atoms with Gasteiger partial charge in [0.25, 0.3) is 0 Å². The molecular formula is C12H15NOS. The van der Waals surface area contributed by atoms with Gasteiger partial charge in [-0.05, 0) is 37.7 Å². The van der Waals surface area contributed by atoms with Crippen molar-refractivity contribution in [2.75, 3.05) is 5.75 Å². The number of hydrogen-bond donors (Lipinski definition) is 1. The zero-order chi connectivity index (χ0) is 11.1. The third kappa shape index (κ3) is 4.26. The molecule has 1 rings (SSSR count). The summed E-state index contributed by atoms with van der Waals surface area (Å²) in [4.78, 5) is 0.919. The van der Waals surface area contributed by atoms with Crippen molar-refractivity contribution in [1.29, 1.82) is 5.26 Å². The number of nitriles is 1. The summed E-state index contributed by atoms with van der Waals surface area (Å²) in [5.74, 6) is 1.43. The summed E-state index contributed by atoms with van der Waals surface area (Å²) in [7, 11) is 0. The fourth-order valence-corrected chi connectivity index (χ4v) is 2.14. The Morgan fingerprint density at radius 1 is 1.47 bits per heavy atom. The Morgan fingerprint density at radius 3 is 2.87 bits per heavy atom. The number of rotatable bonds is 5. The lowest BCUT2D eigenvalue weighted by Gasteiger charge is -2.04. The highest BCUT2D eigenvalue weighted by molar-refractivity contribution is 7.99. The first-order chi connectivity index (χ1) is 7.24. The van der Waals surface area contributed by atoms with Gasteiger partial charge in [0.1, 0.15) is 5.75 Å². The van der Waals surface area contributed by atoms with E-state index in [9.17, 15) is 5.11 Å². The third-order valence-electron chi connectivity index (χ3n) is 2.12. The predicted octanol–water partition coefficient (Wildman–Crippen LogP) is 3.42. The molecule has 0 radical (unpaired) electrons. The second kappa shape index (κ2) is 6.36. The van der Waals surface area contributed by atoms with E-state index in [2.05, 4.69) is 6.07 Å². The van der Waals surface area contributed by atoms with E-state index in [0.717, 1.165) is 23.5 Å². The summed E-state index contributed by atoms with van der Waals surface area (Å²) in [5, 5.41) is 18.1. The summed E-state index contributed by atoms with van der Waals surface area (Å²) in [5.41, 5.74) is 0. The van der Waals surface area contributed by atoms with Crippen LogP contribution in [0.5, 0.6) is 5.75 Å². The van der Waals surface area contributed by atoms with Gasteiger partial charge in [0.15, 0.2) is 0 Å². The van der Waals surface area contributed by atoms with Crippen molar-refractivity contribution in [2.24, 2.45) is 5.92 Å². The van der Waals surface area contributed by atoms with E-state index < -0.39 is 0 Å². The highest BCUT2D eigenvalue weighted by atomic mass is 32.2. The SMILES string of the molecule is CC(C#N)CCCSc1ccccc1O. The molecule has 1 aromatic rings. The van der Waals surface area contributed by atoms with Crippen LogP contribution in [0.1, 0.15) is 19.8 Å². The smallest absolute Gasteiger partial charge is 0.129 e. The van der Waals surface area contributed by atoms with Gasteiger partial charge >= 0.3 is 0 Å². The molecule has 0 bridgehead atoms. The van der Waals surface area contributed by atoms with E-state index in [1.807, 2.05) is 25.1 Å². The number of phenols is 1. The van der Waals surface area contributed by atoms with Gasteiger partial charge in [0.2, 0.25) is 0 Å². The molecule has 3 heteroatoms. The van der Waals surface area contributed by atoms with Gasteiger partial charge < -0.3 is 5.11 Å². The standard InChI is InChI=1S/C12H15NOS/c1-10(9-13)5-4-8-15-12-7-3-2-6-11(12)14/h2-3,6-7,10,14H,4-5,8H2,1H3. The first-order valence-electron chi connectivity index (χ1n) is 5.04. The molecule has 2 nitrogen and oxygen atoms in total. The van der Waals surface area contributed by atoms with Gasteiger partial charge in [0.05, 0.1) is 6.07 Å². The minimum absolute atomic E-state index is 0.134. The van der Waals surface area contributed by atoms with E-state index >= 15 is 0 Å². The molecule has 0 saturated carbocycles. The number of nitrogens with zero attached hydrogens (tertiary/aromatic N) is 1. The molecular weight excluding hydrogens is 206 g/mol. The summed E-state index contributed by atoms with van der Waals surface area (Å²) in [6, 6.07) is 9.55. The molecule has 0 spiro atoms. The van der Waals surface area contributed by atoms with Crippen LogP contribution in [0.2, 0.25) is 0 Å². The van der Waals surface area contributed by atoms with Crippen LogP contribution in [-0.4, -0.2) is 10.9 Å². The molecule has 0 fully saturated rings. The van der Waals surface area contributed by atoms with Crippen LogP contribution < -0.4 is 0 Å². The number of thioether (sulfide) groups is 1. The van der Waals surface area contributed by atoms with Gasteiger partial charge in [0, 0.05) is 10.8 Å². The summed E-state index contributed by atoms with van der Waals surface area (Å²) < 4.78 is 0. The van der Waals surface area contributed by atoms with Crippen LogP contribution in [0.15, 0.2) is 29.2 Å². The van der Waals surface area contributed by atoms with Crippen LogP contribution in [0.3, 0.4) is 0 Å². The fourth-order valence-electron chi connectivity index (χ4n) is 1.22. The maximum absolute atomic E-state index is 9.49. The molecule has 0 saturated heterocycles. The molecule has 1 aromatic carbocycles. The average Bonchev–Trinajstić information content (AvgIpc) is 2.26. The van der Waals surface area contributed by atoms with Crippen molar-refractivity contribution in [3.63, 3.8) is 0 Å². The highest BCUT2D eigenvalue weighted by Gasteiger charge is 2.02. The molecule has 1 N–H and O–H groups in total. The lowest BCUT2D eigenvalue weighted by molar-refractivity contribution is 0.462.